The van der Waals surface area contributed by atoms with E-state index in [9.17, 15) is 26.3 Å². The van der Waals surface area contributed by atoms with Gasteiger partial charge in [-0.05, 0) is 42.5 Å². The number of rotatable bonds is 2. The van der Waals surface area contributed by atoms with E-state index in [4.69, 9.17) is 21.7 Å². The molecule has 0 aromatic heterocycles. The molecule has 1 heterocycles. The van der Waals surface area contributed by atoms with Gasteiger partial charge in [0.15, 0.2) is 16.6 Å². The summed E-state index contributed by atoms with van der Waals surface area (Å²) in [6.07, 6.45) is -9.88. The molecule has 2 aromatic carbocycles. The fourth-order valence-corrected chi connectivity index (χ4v) is 2.53. The van der Waals surface area contributed by atoms with Gasteiger partial charge in [-0.1, -0.05) is 0 Å². The second-order valence-corrected chi connectivity index (χ2v) is 5.85. The first kappa shape index (κ1) is 19.1. The Kier molecular flexibility index (Phi) is 4.81. The summed E-state index contributed by atoms with van der Waals surface area (Å²) in [4.78, 5) is 0. The number of benzene rings is 2. The first-order valence-corrected chi connectivity index (χ1v) is 7.70. The fourth-order valence-electron chi connectivity index (χ4n) is 2.29. The third kappa shape index (κ3) is 4.54. The van der Waals surface area contributed by atoms with Gasteiger partial charge < -0.3 is 20.1 Å². The number of thiocarbonyl (C=S) groups is 1. The van der Waals surface area contributed by atoms with E-state index in [1.807, 2.05) is 0 Å². The zero-order chi connectivity index (χ0) is 19.8. The van der Waals surface area contributed by atoms with Crippen molar-refractivity contribution >= 4 is 28.7 Å². The van der Waals surface area contributed by atoms with Crippen LogP contribution in [-0.2, 0) is 12.4 Å². The quantitative estimate of drug-likeness (QED) is 0.524. The van der Waals surface area contributed by atoms with E-state index in [0.717, 1.165) is 0 Å². The second kappa shape index (κ2) is 6.80. The van der Waals surface area contributed by atoms with Crippen LogP contribution < -0.4 is 20.1 Å². The van der Waals surface area contributed by atoms with Crippen LogP contribution in [0.15, 0.2) is 36.4 Å². The van der Waals surface area contributed by atoms with Gasteiger partial charge in [-0.25, -0.2) is 0 Å². The standard InChI is InChI=1S/C16H10F6N2O2S/c17-15(18,19)8-3-9(16(20,21)22)5-11(4-8)24-14(27)23-10-1-2-12-13(6-10)26-7-25-12/h1-6H,7H2,(H2,23,24,27). The van der Waals surface area contributed by atoms with Crippen molar-refractivity contribution in [1.29, 1.82) is 0 Å². The molecule has 0 radical (unpaired) electrons. The maximum absolute atomic E-state index is 12.9. The largest absolute Gasteiger partial charge is 0.454 e. The SMILES string of the molecule is FC(F)(F)c1cc(NC(=S)Nc2ccc3c(c2)OCO3)cc(C(F)(F)F)c1. The third-order valence-corrected chi connectivity index (χ3v) is 3.68. The van der Waals surface area contributed by atoms with Gasteiger partial charge in [-0.3, -0.25) is 0 Å². The van der Waals surface area contributed by atoms with Crippen molar-refractivity contribution in [3.05, 3.63) is 47.5 Å². The zero-order valence-corrected chi connectivity index (χ0v) is 14.0. The molecule has 0 unspecified atom stereocenters. The molecular formula is C16H10F6N2O2S. The number of anilines is 2. The Morgan fingerprint density at radius 3 is 1.93 bits per heavy atom. The van der Waals surface area contributed by atoms with E-state index >= 15 is 0 Å². The molecular weight excluding hydrogens is 398 g/mol. The Morgan fingerprint density at radius 1 is 0.778 bits per heavy atom. The minimum atomic E-state index is -4.94. The van der Waals surface area contributed by atoms with Gasteiger partial charge in [-0.2, -0.15) is 26.3 Å². The lowest BCUT2D eigenvalue weighted by Gasteiger charge is -2.16. The summed E-state index contributed by atoms with van der Waals surface area (Å²) in [6, 6.07) is 5.81. The van der Waals surface area contributed by atoms with Gasteiger partial charge >= 0.3 is 12.4 Å². The second-order valence-electron chi connectivity index (χ2n) is 5.44. The number of fused-ring (bicyclic) bond motifs is 1. The molecule has 0 bridgehead atoms. The molecule has 0 saturated carbocycles. The van der Waals surface area contributed by atoms with Crippen LogP contribution in [0.4, 0.5) is 37.7 Å². The summed E-state index contributed by atoms with van der Waals surface area (Å²) in [6.45, 7) is 0.0476. The molecule has 4 nitrogen and oxygen atoms in total. The maximum atomic E-state index is 12.9. The van der Waals surface area contributed by atoms with Gasteiger partial charge in [-0.15, -0.1) is 0 Å². The van der Waals surface area contributed by atoms with Crippen molar-refractivity contribution in [2.45, 2.75) is 12.4 Å². The summed E-state index contributed by atoms with van der Waals surface area (Å²) in [5, 5.41) is 4.80. The summed E-state index contributed by atoms with van der Waals surface area (Å²) < 4.78 is 87.6. The van der Waals surface area contributed by atoms with Crippen LogP contribution in [0.1, 0.15) is 11.1 Å². The van der Waals surface area contributed by atoms with E-state index in [0.29, 0.717) is 29.3 Å². The van der Waals surface area contributed by atoms with Crippen LogP contribution in [0.2, 0.25) is 0 Å². The molecule has 0 spiro atoms. The Hall–Kier alpha value is -2.69. The van der Waals surface area contributed by atoms with Crippen LogP contribution in [0, 0.1) is 0 Å². The number of nitrogens with one attached hydrogen (secondary N) is 2. The summed E-state index contributed by atoms with van der Waals surface area (Å²) in [5.74, 6) is 0.938. The molecule has 27 heavy (non-hydrogen) atoms. The average Bonchev–Trinajstić information content (AvgIpc) is 3.00. The van der Waals surface area contributed by atoms with Crippen LogP contribution in [-0.4, -0.2) is 11.9 Å². The average molecular weight is 408 g/mol. The highest BCUT2D eigenvalue weighted by Crippen LogP contribution is 2.38. The monoisotopic (exact) mass is 408 g/mol. The van der Waals surface area contributed by atoms with E-state index in [1.165, 1.54) is 6.07 Å². The number of halogens is 6. The van der Waals surface area contributed by atoms with E-state index in [-0.39, 0.29) is 18.0 Å². The number of alkyl halides is 6. The smallest absolute Gasteiger partial charge is 0.416 e. The molecule has 1 aliphatic rings. The fraction of sp³-hybridized carbons (Fsp3) is 0.188. The molecule has 0 amide bonds. The van der Waals surface area contributed by atoms with E-state index < -0.39 is 29.2 Å². The van der Waals surface area contributed by atoms with Crippen molar-refractivity contribution in [1.82, 2.24) is 0 Å². The van der Waals surface area contributed by atoms with E-state index in [1.54, 1.807) is 12.1 Å². The highest BCUT2D eigenvalue weighted by atomic mass is 32.1. The number of hydrogen-bond acceptors (Lipinski definition) is 3. The highest BCUT2D eigenvalue weighted by molar-refractivity contribution is 7.80. The summed E-state index contributed by atoms with van der Waals surface area (Å²) >= 11 is 4.96. The highest BCUT2D eigenvalue weighted by Gasteiger charge is 2.37. The van der Waals surface area contributed by atoms with Crippen LogP contribution in [0.3, 0.4) is 0 Å². The van der Waals surface area contributed by atoms with Crippen molar-refractivity contribution in [3.63, 3.8) is 0 Å². The summed E-state index contributed by atoms with van der Waals surface area (Å²) in [5.41, 5.74) is -2.91. The molecule has 2 N–H and O–H groups in total. The van der Waals surface area contributed by atoms with Crippen molar-refractivity contribution in [3.8, 4) is 11.5 Å². The van der Waals surface area contributed by atoms with Gasteiger partial charge in [0.25, 0.3) is 0 Å². The number of hydrogen-bond donors (Lipinski definition) is 2. The Labute approximate surface area is 154 Å². The maximum Gasteiger partial charge on any atom is 0.416 e. The molecule has 2 aromatic rings. The van der Waals surface area contributed by atoms with Gasteiger partial charge in [0.1, 0.15) is 0 Å². The molecule has 0 saturated heterocycles. The van der Waals surface area contributed by atoms with Crippen LogP contribution in [0.5, 0.6) is 11.5 Å². The van der Waals surface area contributed by atoms with Crippen molar-refractivity contribution in [2.24, 2.45) is 0 Å². The van der Waals surface area contributed by atoms with E-state index in [2.05, 4.69) is 10.6 Å². The molecule has 0 aliphatic carbocycles. The first-order valence-electron chi connectivity index (χ1n) is 7.29. The van der Waals surface area contributed by atoms with Gasteiger partial charge in [0, 0.05) is 17.4 Å². The van der Waals surface area contributed by atoms with Crippen molar-refractivity contribution < 1.29 is 35.8 Å². The molecule has 144 valence electrons. The predicted octanol–water partition coefficient (Wildman–Crippen LogP) is 5.26. The normalized spacial score (nSPS) is 13.4. The lowest BCUT2D eigenvalue weighted by atomic mass is 10.1. The lowest BCUT2D eigenvalue weighted by molar-refractivity contribution is -0.143. The third-order valence-electron chi connectivity index (χ3n) is 3.48. The Balaban J connectivity index is 1.80. The van der Waals surface area contributed by atoms with Gasteiger partial charge in [0.2, 0.25) is 6.79 Å². The van der Waals surface area contributed by atoms with Crippen LogP contribution in [0.25, 0.3) is 0 Å². The first-order chi connectivity index (χ1) is 12.5. The minimum absolute atomic E-state index is 0.0412. The zero-order valence-electron chi connectivity index (χ0n) is 13.2. The van der Waals surface area contributed by atoms with Crippen molar-refractivity contribution in [2.75, 3.05) is 17.4 Å². The topological polar surface area (TPSA) is 42.5 Å². The molecule has 11 heteroatoms. The minimum Gasteiger partial charge on any atom is -0.454 e. The predicted molar refractivity (Wildman–Crippen MR) is 88.9 cm³/mol. The lowest BCUT2D eigenvalue weighted by Crippen LogP contribution is -2.20. The molecule has 3 rings (SSSR count). The summed E-state index contributed by atoms with van der Waals surface area (Å²) in [7, 11) is 0. The van der Waals surface area contributed by atoms with Gasteiger partial charge in [0.05, 0.1) is 11.1 Å². The number of ether oxygens (including phenoxy) is 2. The van der Waals surface area contributed by atoms with Crippen LogP contribution >= 0.6 is 12.2 Å². The molecule has 0 fully saturated rings. The molecule has 0 atom stereocenters. The Morgan fingerprint density at radius 2 is 1.33 bits per heavy atom. The Bertz CT molecular complexity index is 850. The molecule has 1 aliphatic heterocycles.